The van der Waals surface area contributed by atoms with E-state index in [0.29, 0.717) is 56.5 Å². The van der Waals surface area contributed by atoms with Crippen LogP contribution in [0.15, 0.2) is 18.2 Å². The lowest BCUT2D eigenvalue weighted by Gasteiger charge is -2.23. The second kappa shape index (κ2) is 12.1. The molecule has 1 aliphatic rings. The fourth-order valence-corrected chi connectivity index (χ4v) is 3.27. The number of nitrogens with one attached hydrogen (secondary N) is 1. The zero-order valence-corrected chi connectivity index (χ0v) is 19.0. The SMILES string of the molecule is CCOc1ccc(C(=O)NCC(=O)N2CCCN(CC(=O)N(C)C)CC2)cc1OCC. The lowest BCUT2D eigenvalue weighted by Crippen LogP contribution is -2.43. The molecule has 0 bridgehead atoms. The molecule has 0 radical (unpaired) electrons. The van der Waals surface area contributed by atoms with Crippen LogP contribution in [0.1, 0.15) is 30.6 Å². The molecule has 9 nitrogen and oxygen atoms in total. The average Bonchev–Trinajstić information content (AvgIpc) is 2.99. The summed E-state index contributed by atoms with van der Waals surface area (Å²) in [5.41, 5.74) is 0.406. The number of carbonyl (C=O) groups excluding carboxylic acids is 3. The van der Waals surface area contributed by atoms with E-state index in [-0.39, 0.29) is 24.3 Å². The van der Waals surface area contributed by atoms with E-state index in [2.05, 4.69) is 10.2 Å². The number of carbonyl (C=O) groups is 3. The van der Waals surface area contributed by atoms with Crippen molar-refractivity contribution in [3.63, 3.8) is 0 Å². The maximum atomic E-state index is 12.6. The van der Waals surface area contributed by atoms with Gasteiger partial charge < -0.3 is 24.6 Å². The van der Waals surface area contributed by atoms with Gasteiger partial charge in [-0.25, -0.2) is 0 Å². The zero-order valence-electron chi connectivity index (χ0n) is 19.0. The van der Waals surface area contributed by atoms with Gasteiger partial charge in [-0.3, -0.25) is 19.3 Å². The molecule has 1 aromatic carbocycles. The Kier molecular flexibility index (Phi) is 9.58. The van der Waals surface area contributed by atoms with Gasteiger partial charge in [0.05, 0.1) is 26.3 Å². The van der Waals surface area contributed by atoms with Crippen LogP contribution in [0.4, 0.5) is 0 Å². The Morgan fingerprint density at radius 2 is 1.71 bits per heavy atom. The quantitative estimate of drug-likeness (QED) is 0.619. The van der Waals surface area contributed by atoms with Crippen molar-refractivity contribution in [2.24, 2.45) is 0 Å². The summed E-state index contributed by atoms with van der Waals surface area (Å²) < 4.78 is 11.1. The van der Waals surface area contributed by atoms with E-state index in [4.69, 9.17) is 9.47 Å². The molecule has 0 aromatic heterocycles. The molecule has 0 atom stereocenters. The van der Waals surface area contributed by atoms with Crippen molar-refractivity contribution in [2.45, 2.75) is 20.3 Å². The second-order valence-electron chi connectivity index (χ2n) is 7.51. The van der Waals surface area contributed by atoms with E-state index in [0.717, 1.165) is 13.0 Å². The van der Waals surface area contributed by atoms with Crippen LogP contribution in [-0.2, 0) is 9.59 Å². The number of hydrogen-bond donors (Lipinski definition) is 1. The first-order chi connectivity index (χ1) is 14.8. The van der Waals surface area contributed by atoms with Gasteiger partial charge in [0.15, 0.2) is 11.5 Å². The zero-order chi connectivity index (χ0) is 22.8. The molecule has 0 saturated carbocycles. The molecule has 0 spiro atoms. The molecule has 1 fully saturated rings. The molecular weight excluding hydrogens is 400 g/mol. The van der Waals surface area contributed by atoms with Crippen molar-refractivity contribution in [3.8, 4) is 11.5 Å². The Bertz CT molecular complexity index is 768. The number of rotatable bonds is 9. The summed E-state index contributed by atoms with van der Waals surface area (Å²) in [6, 6.07) is 4.97. The number of hydrogen-bond acceptors (Lipinski definition) is 6. The molecule has 172 valence electrons. The molecule has 1 aliphatic heterocycles. The highest BCUT2D eigenvalue weighted by atomic mass is 16.5. The average molecular weight is 435 g/mol. The monoisotopic (exact) mass is 434 g/mol. The third-order valence-corrected chi connectivity index (χ3v) is 5.00. The summed E-state index contributed by atoms with van der Waals surface area (Å²) in [6.07, 6.45) is 0.789. The molecule has 9 heteroatoms. The summed E-state index contributed by atoms with van der Waals surface area (Å²) >= 11 is 0. The van der Waals surface area contributed by atoms with Crippen molar-refractivity contribution in [3.05, 3.63) is 23.8 Å². The molecule has 2 rings (SSSR count). The summed E-state index contributed by atoms with van der Waals surface area (Å²) in [5, 5.41) is 2.69. The fourth-order valence-electron chi connectivity index (χ4n) is 3.27. The molecule has 1 N–H and O–H groups in total. The summed E-state index contributed by atoms with van der Waals surface area (Å²) in [7, 11) is 3.47. The van der Waals surface area contributed by atoms with Crippen LogP contribution in [0.2, 0.25) is 0 Å². The van der Waals surface area contributed by atoms with Gasteiger partial charge in [-0.15, -0.1) is 0 Å². The molecule has 0 aliphatic carbocycles. The molecule has 31 heavy (non-hydrogen) atoms. The third kappa shape index (κ3) is 7.43. The van der Waals surface area contributed by atoms with Crippen LogP contribution in [0.25, 0.3) is 0 Å². The molecule has 1 aromatic rings. The molecule has 3 amide bonds. The first kappa shape index (κ1) is 24.5. The van der Waals surface area contributed by atoms with Crippen molar-refractivity contribution in [1.29, 1.82) is 0 Å². The third-order valence-electron chi connectivity index (χ3n) is 5.00. The van der Waals surface area contributed by atoms with Gasteiger partial charge in [-0.05, 0) is 38.5 Å². The number of amides is 3. The predicted octanol–water partition coefficient (Wildman–Crippen LogP) is 0.836. The Labute approximate surface area is 184 Å². The van der Waals surface area contributed by atoms with Gasteiger partial charge in [0.2, 0.25) is 11.8 Å². The van der Waals surface area contributed by atoms with Gasteiger partial charge in [-0.2, -0.15) is 0 Å². The van der Waals surface area contributed by atoms with Crippen molar-refractivity contribution < 1.29 is 23.9 Å². The highest BCUT2D eigenvalue weighted by Crippen LogP contribution is 2.28. The van der Waals surface area contributed by atoms with Crippen LogP contribution in [0.5, 0.6) is 11.5 Å². The van der Waals surface area contributed by atoms with Crippen LogP contribution in [-0.4, -0.2) is 99.0 Å². The van der Waals surface area contributed by atoms with E-state index in [9.17, 15) is 14.4 Å². The largest absolute Gasteiger partial charge is 0.490 e. The summed E-state index contributed by atoms with van der Waals surface area (Å²) in [4.78, 5) is 42.4. The number of nitrogens with zero attached hydrogens (tertiary/aromatic N) is 3. The van der Waals surface area contributed by atoms with E-state index in [1.807, 2.05) is 13.8 Å². The van der Waals surface area contributed by atoms with E-state index in [1.54, 1.807) is 42.1 Å². The van der Waals surface area contributed by atoms with Crippen molar-refractivity contribution in [2.75, 3.05) is 66.6 Å². The fraction of sp³-hybridized carbons (Fsp3) is 0.591. The van der Waals surface area contributed by atoms with E-state index in [1.165, 1.54) is 0 Å². The first-order valence-corrected chi connectivity index (χ1v) is 10.7. The first-order valence-electron chi connectivity index (χ1n) is 10.7. The smallest absolute Gasteiger partial charge is 0.251 e. The lowest BCUT2D eigenvalue weighted by atomic mass is 10.2. The molecular formula is C22H34N4O5. The Morgan fingerprint density at radius 1 is 1.00 bits per heavy atom. The molecule has 1 saturated heterocycles. The van der Waals surface area contributed by atoms with Crippen LogP contribution >= 0.6 is 0 Å². The Hall–Kier alpha value is -2.81. The van der Waals surface area contributed by atoms with Gasteiger partial charge in [-0.1, -0.05) is 0 Å². The Balaban J connectivity index is 1.88. The maximum absolute atomic E-state index is 12.6. The highest BCUT2D eigenvalue weighted by Gasteiger charge is 2.21. The maximum Gasteiger partial charge on any atom is 0.251 e. The number of benzene rings is 1. The summed E-state index contributed by atoms with van der Waals surface area (Å²) in [5.74, 6) is 0.659. The Morgan fingerprint density at radius 3 is 2.39 bits per heavy atom. The van der Waals surface area contributed by atoms with Gasteiger partial charge in [0.1, 0.15) is 0 Å². The van der Waals surface area contributed by atoms with Crippen molar-refractivity contribution in [1.82, 2.24) is 20.0 Å². The molecule has 0 unspecified atom stereocenters. The van der Waals surface area contributed by atoms with Gasteiger partial charge >= 0.3 is 0 Å². The topological polar surface area (TPSA) is 91.4 Å². The molecule has 1 heterocycles. The van der Waals surface area contributed by atoms with E-state index < -0.39 is 0 Å². The minimum Gasteiger partial charge on any atom is -0.490 e. The minimum absolute atomic E-state index is 0.0498. The van der Waals surface area contributed by atoms with E-state index >= 15 is 0 Å². The second-order valence-corrected chi connectivity index (χ2v) is 7.51. The predicted molar refractivity (Wildman–Crippen MR) is 117 cm³/mol. The normalized spacial score (nSPS) is 14.5. The van der Waals surface area contributed by atoms with Crippen LogP contribution in [0, 0.1) is 0 Å². The van der Waals surface area contributed by atoms with Crippen molar-refractivity contribution >= 4 is 17.7 Å². The standard InChI is InChI=1S/C22H34N4O5/c1-5-30-18-9-8-17(14-19(18)31-6-2)22(29)23-15-20(27)26-11-7-10-25(12-13-26)16-21(28)24(3)4/h8-9,14H,5-7,10-13,15-16H2,1-4H3,(H,23,29). The van der Waals surface area contributed by atoms with Gasteiger partial charge in [0.25, 0.3) is 5.91 Å². The lowest BCUT2D eigenvalue weighted by molar-refractivity contribution is -0.130. The number of likely N-dealkylation sites (N-methyl/N-ethyl adjacent to an activating group) is 1. The van der Waals surface area contributed by atoms with Gasteiger partial charge in [0, 0.05) is 45.8 Å². The van der Waals surface area contributed by atoms with Crippen LogP contribution in [0.3, 0.4) is 0 Å². The number of ether oxygens (including phenoxy) is 2. The highest BCUT2D eigenvalue weighted by molar-refractivity contribution is 5.97. The minimum atomic E-state index is -0.342. The summed E-state index contributed by atoms with van der Waals surface area (Å²) in [6.45, 7) is 7.51. The van der Waals surface area contributed by atoms with Crippen LogP contribution < -0.4 is 14.8 Å².